The molecule has 1 aromatic heterocycles. The number of aromatic nitrogens is 2. The SMILES string of the molecule is CCc1nc(N2CCCCCC2)[nH]c(=O)c1C. The topological polar surface area (TPSA) is 49.0 Å². The molecule has 0 amide bonds. The van der Waals surface area contributed by atoms with Crippen LogP contribution in [0.4, 0.5) is 5.95 Å². The third kappa shape index (κ3) is 2.68. The van der Waals surface area contributed by atoms with Crippen molar-refractivity contribution in [3.05, 3.63) is 21.6 Å². The molecular formula is C13H21N3O. The fourth-order valence-electron chi connectivity index (χ4n) is 2.34. The van der Waals surface area contributed by atoms with E-state index >= 15 is 0 Å². The van der Waals surface area contributed by atoms with Gasteiger partial charge in [0.05, 0.1) is 5.69 Å². The van der Waals surface area contributed by atoms with Gasteiger partial charge >= 0.3 is 0 Å². The molecule has 0 aliphatic carbocycles. The van der Waals surface area contributed by atoms with E-state index in [4.69, 9.17) is 0 Å². The number of hydrogen-bond donors (Lipinski definition) is 1. The van der Waals surface area contributed by atoms with Gasteiger partial charge in [-0.1, -0.05) is 19.8 Å². The summed E-state index contributed by atoms with van der Waals surface area (Å²) >= 11 is 0. The van der Waals surface area contributed by atoms with Gasteiger partial charge in [0.15, 0.2) is 0 Å². The predicted molar refractivity (Wildman–Crippen MR) is 69.7 cm³/mol. The molecule has 1 aliphatic rings. The molecule has 0 radical (unpaired) electrons. The Morgan fingerprint density at radius 3 is 2.47 bits per heavy atom. The van der Waals surface area contributed by atoms with Crippen LogP contribution in [0, 0.1) is 6.92 Å². The van der Waals surface area contributed by atoms with Gasteiger partial charge in [0, 0.05) is 18.7 Å². The molecule has 0 unspecified atom stereocenters. The Balaban J connectivity index is 2.31. The van der Waals surface area contributed by atoms with E-state index in [1.54, 1.807) is 0 Å². The normalized spacial score (nSPS) is 16.9. The quantitative estimate of drug-likeness (QED) is 0.853. The molecular weight excluding hydrogens is 214 g/mol. The van der Waals surface area contributed by atoms with Crippen molar-refractivity contribution < 1.29 is 0 Å². The number of H-pyrrole nitrogens is 1. The fraction of sp³-hybridized carbons (Fsp3) is 0.692. The highest BCUT2D eigenvalue weighted by Crippen LogP contribution is 2.15. The first-order valence-corrected chi connectivity index (χ1v) is 6.57. The van der Waals surface area contributed by atoms with Crippen LogP contribution in [-0.2, 0) is 6.42 Å². The van der Waals surface area contributed by atoms with E-state index in [0.29, 0.717) is 0 Å². The summed E-state index contributed by atoms with van der Waals surface area (Å²) in [6.45, 7) is 5.90. The van der Waals surface area contributed by atoms with E-state index in [9.17, 15) is 4.79 Å². The second-order valence-corrected chi connectivity index (χ2v) is 4.72. The molecule has 1 aliphatic heterocycles. The Morgan fingerprint density at radius 2 is 1.88 bits per heavy atom. The first kappa shape index (κ1) is 12.1. The molecule has 0 bridgehead atoms. The lowest BCUT2D eigenvalue weighted by Crippen LogP contribution is -2.29. The van der Waals surface area contributed by atoms with E-state index in [-0.39, 0.29) is 5.56 Å². The maximum Gasteiger partial charge on any atom is 0.255 e. The number of aryl methyl sites for hydroxylation is 1. The van der Waals surface area contributed by atoms with Crippen molar-refractivity contribution in [2.45, 2.75) is 46.0 Å². The van der Waals surface area contributed by atoms with Crippen molar-refractivity contribution >= 4 is 5.95 Å². The van der Waals surface area contributed by atoms with Crippen LogP contribution in [0.15, 0.2) is 4.79 Å². The Kier molecular flexibility index (Phi) is 3.82. The average molecular weight is 235 g/mol. The lowest BCUT2D eigenvalue weighted by molar-refractivity contribution is 0.726. The minimum absolute atomic E-state index is 0.0103. The van der Waals surface area contributed by atoms with E-state index in [2.05, 4.69) is 14.9 Å². The first-order valence-electron chi connectivity index (χ1n) is 6.57. The van der Waals surface area contributed by atoms with Crippen molar-refractivity contribution in [2.24, 2.45) is 0 Å². The second kappa shape index (κ2) is 5.34. The maximum absolute atomic E-state index is 11.8. The van der Waals surface area contributed by atoms with Gasteiger partial charge in [0.1, 0.15) is 0 Å². The monoisotopic (exact) mass is 235 g/mol. The summed E-state index contributed by atoms with van der Waals surface area (Å²) in [6, 6.07) is 0. The molecule has 1 N–H and O–H groups in total. The minimum Gasteiger partial charge on any atom is -0.342 e. The third-order valence-electron chi connectivity index (χ3n) is 3.48. The van der Waals surface area contributed by atoms with E-state index < -0.39 is 0 Å². The van der Waals surface area contributed by atoms with Crippen LogP contribution in [-0.4, -0.2) is 23.1 Å². The van der Waals surface area contributed by atoms with Gasteiger partial charge in [-0.3, -0.25) is 9.78 Å². The zero-order valence-corrected chi connectivity index (χ0v) is 10.8. The van der Waals surface area contributed by atoms with Crippen molar-refractivity contribution in [1.82, 2.24) is 9.97 Å². The average Bonchev–Trinajstić information content (AvgIpc) is 2.61. The molecule has 0 atom stereocenters. The van der Waals surface area contributed by atoms with Crippen LogP contribution in [0.5, 0.6) is 0 Å². The molecule has 17 heavy (non-hydrogen) atoms. The first-order chi connectivity index (χ1) is 8.22. The maximum atomic E-state index is 11.8. The number of aromatic amines is 1. The summed E-state index contributed by atoms with van der Waals surface area (Å²) in [7, 11) is 0. The highest BCUT2D eigenvalue weighted by atomic mass is 16.1. The molecule has 0 spiro atoms. The number of nitrogens with one attached hydrogen (secondary N) is 1. The fourth-order valence-corrected chi connectivity index (χ4v) is 2.34. The Bertz CT molecular complexity index is 431. The minimum atomic E-state index is 0.0103. The van der Waals surface area contributed by atoms with E-state index in [0.717, 1.165) is 36.7 Å². The molecule has 2 heterocycles. The molecule has 0 aromatic carbocycles. The largest absolute Gasteiger partial charge is 0.342 e. The molecule has 1 fully saturated rings. The Hall–Kier alpha value is -1.32. The standard InChI is InChI=1S/C13H21N3O/c1-3-11-10(2)12(17)15-13(14-11)16-8-6-4-5-7-9-16/h3-9H2,1-2H3,(H,14,15,17). The highest BCUT2D eigenvalue weighted by molar-refractivity contribution is 5.33. The third-order valence-corrected chi connectivity index (χ3v) is 3.48. The zero-order valence-electron chi connectivity index (χ0n) is 10.8. The Morgan fingerprint density at radius 1 is 1.24 bits per heavy atom. The smallest absolute Gasteiger partial charge is 0.255 e. The van der Waals surface area contributed by atoms with Crippen molar-refractivity contribution in [2.75, 3.05) is 18.0 Å². The molecule has 1 saturated heterocycles. The molecule has 1 aromatic rings. The van der Waals surface area contributed by atoms with Crippen LogP contribution in [0.3, 0.4) is 0 Å². The molecule has 4 nitrogen and oxygen atoms in total. The van der Waals surface area contributed by atoms with Gasteiger partial charge in [-0.05, 0) is 26.2 Å². The molecule has 94 valence electrons. The van der Waals surface area contributed by atoms with Gasteiger partial charge in [-0.2, -0.15) is 0 Å². The van der Waals surface area contributed by atoms with Crippen molar-refractivity contribution in [3.8, 4) is 0 Å². The number of rotatable bonds is 2. The van der Waals surface area contributed by atoms with E-state index in [1.165, 1.54) is 25.7 Å². The van der Waals surface area contributed by atoms with E-state index in [1.807, 2.05) is 13.8 Å². The zero-order chi connectivity index (χ0) is 12.3. The number of anilines is 1. The highest BCUT2D eigenvalue weighted by Gasteiger charge is 2.14. The van der Waals surface area contributed by atoms with Gasteiger partial charge in [0.2, 0.25) is 5.95 Å². The van der Waals surface area contributed by atoms with Crippen LogP contribution in [0.1, 0.15) is 43.9 Å². The number of nitrogens with zero attached hydrogens (tertiary/aromatic N) is 2. The molecule has 2 rings (SSSR count). The van der Waals surface area contributed by atoms with Gasteiger partial charge in [0.25, 0.3) is 5.56 Å². The predicted octanol–water partition coefficient (Wildman–Crippen LogP) is 2.02. The molecule has 4 heteroatoms. The number of hydrogen-bond acceptors (Lipinski definition) is 3. The van der Waals surface area contributed by atoms with Gasteiger partial charge in [-0.15, -0.1) is 0 Å². The van der Waals surface area contributed by atoms with Crippen LogP contribution in [0.25, 0.3) is 0 Å². The van der Waals surface area contributed by atoms with Crippen molar-refractivity contribution in [1.29, 1.82) is 0 Å². The van der Waals surface area contributed by atoms with Crippen LogP contribution in [0.2, 0.25) is 0 Å². The summed E-state index contributed by atoms with van der Waals surface area (Å²) < 4.78 is 0. The lowest BCUT2D eigenvalue weighted by Gasteiger charge is -2.21. The second-order valence-electron chi connectivity index (χ2n) is 4.72. The van der Waals surface area contributed by atoms with Crippen molar-refractivity contribution in [3.63, 3.8) is 0 Å². The summed E-state index contributed by atoms with van der Waals surface area (Å²) in [5, 5.41) is 0. The van der Waals surface area contributed by atoms with Crippen LogP contribution >= 0.6 is 0 Å². The molecule has 0 saturated carbocycles. The summed E-state index contributed by atoms with van der Waals surface area (Å²) in [5.74, 6) is 0.763. The summed E-state index contributed by atoms with van der Waals surface area (Å²) in [4.78, 5) is 21.5. The van der Waals surface area contributed by atoms with Gasteiger partial charge in [-0.25, -0.2) is 4.98 Å². The Labute approximate surface area is 102 Å². The van der Waals surface area contributed by atoms with Crippen LogP contribution < -0.4 is 10.5 Å². The lowest BCUT2D eigenvalue weighted by atomic mass is 10.2. The summed E-state index contributed by atoms with van der Waals surface area (Å²) in [6.07, 6.45) is 5.77. The van der Waals surface area contributed by atoms with Gasteiger partial charge < -0.3 is 4.90 Å². The summed E-state index contributed by atoms with van der Waals surface area (Å²) in [5.41, 5.74) is 1.69.